The van der Waals surface area contributed by atoms with Crippen LogP contribution >= 0.6 is 0 Å². The maximum Gasteiger partial charge on any atom is 0.455 e. The highest BCUT2D eigenvalue weighted by atomic mass is 19.4. The Morgan fingerprint density at radius 1 is 1.29 bits per heavy atom. The highest BCUT2D eigenvalue weighted by Crippen LogP contribution is 2.35. The molecule has 100 valence electrons. The lowest BCUT2D eigenvalue weighted by atomic mass is 10.3. The Morgan fingerprint density at radius 3 is 2.18 bits per heavy atom. The van der Waals surface area contributed by atoms with Crippen LogP contribution in [0.5, 0.6) is 0 Å². The minimum Gasteiger partial charge on any atom is -0.464 e. The van der Waals surface area contributed by atoms with Crippen molar-refractivity contribution in [1.29, 1.82) is 0 Å². The average molecular weight is 264 g/mol. The van der Waals surface area contributed by atoms with Crippen molar-refractivity contribution in [2.24, 2.45) is 0 Å². The van der Waals surface area contributed by atoms with Gasteiger partial charge in [0.2, 0.25) is 6.10 Å². The Labute approximate surface area is 92.7 Å². The first-order valence-electron chi connectivity index (χ1n) is 4.33. The molecule has 0 spiro atoms. The first kappa shape index (κ1) is 15.8. The van der Waals surface area contributed by atoms with E-state index in [0.29, 0.717) is 0 Å². The quantitative estimate of drug-likeness (QED) is 0.314. The van der Waals surface area contributed by atoms with E-state index in [1.165, 1.54) is 6.92 Å². The third-order valence-electron chi connectivity index (χ3n) is 1.50. The lowest BCUT2D eigenvalue weighted by molar-refractivity contribution is -0.298. The Morgan fingerprint density at radius 2 is 1.82 bits per heavy atom. The van der Waals surface area contributed by atoms with Crippen molar-refractivity contribution >= 4 is 12.3 Å². The second-order valence-electron chi connectivity index (χ2n) is 2.82. The van der Waals surface area contributed by atoms with Gasteiger partial charge in [-0.25, -0.2) is 4.79 Å². The van der Waals surface area contributed by atoms with Gasteiger partial charge in [0.25, 0.3) is 0 Å². The van der Waals surface area contributed by atoms with Gasteiger partial charge < -0.3 is 9.47 Å². The van der Waals surface area contributed by atoms with Crippen LogP contribution in [0.15, 0.2) is 0 Å². The van der Waals surface area contributed by atoms with Crippen LogP contribution in [0, 0.1) is 0 Å². The number of carbonyl (C=O) groups is 2. The third-order valence-corrected chi connectivity index (χ3v) is 1.50. The lowest BCUT2D eigenvalue weighted by Crippen LogP contribution is -2.43. The zero-order valence-corrected chi connectivity index (χ0v) is 8.59. The predicted octanol–water partition coefficient (Wildman–Crippen LogP) is 1.33. The van der Waals surface area contributed by atoms with Crippen LogP contribution in [0.4, 0.5) is 22.0 Å². The van der Waals surface area contributed by atoms with Crippen LogP contribution in [0.25, 0.3) is 0 Å². The molecule has 0 radical (unpaired) electrons. The van der Waals surface area contributed by atoms with E-state index in [0.717, 1.165) is 0 Å². The molecule has 9 heteroatoms. The molecule has 0 heterocycles. The summed E-state index contributed by atoms with van der Waals surface area (Å²) in [7, 11) is 0. The Hall–Kier alpha value is -1.25. The smallest absolute Gasteiger partial charge is 0.455 e. The summed E-state index contributed by atoms with van der Waals surface area (Å²) in [5, 5.41) is 0. The van der Waals surface area contributed by atoms with E-state index < -0.39 is 30.8 Å². The number of hydrogen-bond acceptors (Lipinski definition) is 4. The van der Waals surface area contributed by atoms with Crippen molar-refractivity contribution in [2.45, 2.75) is 25.1 Å². The molecule has 0 N–H and O–H groups in total. The fourth-order valence-corrected chi connectivity index (χ4v) is 0.664. The van der Waals surface area contributed by atoms with Gasteiger partial charge in [-0.15, -0.1) is 0 Å². The third kappa shape index (κ3) is 4.63. The number of carbonyl (C=O) groups excluding carboxylic acids is 2. The van der Waals surface area contributed by atoms with Crippen molar-refractivity contribution in [2.75, 3.05) is 13.2 Å². The molecule has 0 aliphatic heterocycles. The Kier molecular flexibility index (Phi) is 5.46. The number of aldehydes is 1. The molecule has 4 nitrogen and oxygen atoms in total. The van der Waals surface area contributed by atoms with E-state index in [4.69, 9.17) is 0 Å². The summed E-state index contributed by atoms with van der Waals surface area (Å²) >= 11 is 0. The zero-order valence-electron chi connectivity index (χ0n) is 8.59. The van der Waals surface area contributed by atoms with Crippen molar-refractivity contribution in [3.8, 4) is 0 Å². The first-order valence-corrected chi connectivity index (χ1v) is 4.33. The van der Waals surface area contributed by atoms with Crippen LogP contribution in [-0.2, 0) is 19.1 Å². The molecular formula is C8H9F5O4. The number of alkyl halides is 5. The summed E-state index contributed by atoms with van der Waals surface area (Å²) < 4.78 is 67.9. The molecule has 0 aromatic heterocycles. The Balaban J connectivity index is 4.43. The van der Waals surface area contributed by atoms with Crippen LogP contribution in [0.2, 0.25) is 0 Å². The summed E-state index contributed by atoms with van der Waals surface area (Å²) in [5.74, 6) is -6.46. The van der Waals surface area contributed by atoms with Crippen molar-refractivity contribution in [3.63, 3.8) is 0 Å². The normalized spacial score (nSPS) is 14.2. The fourth-order valence-electron chi connectivity index (χ4n) is 0.664. The molecule has 1 atom stereocenters. The fraction of sp³-hybridized carbons (Fsp3) is 0.750. The second-order valence-corrected chi connectivity index (χ2v) is 2.82. The molecule has 0 fully saturated rings. The SMILES string of the molecule is CCOC(=O)C(C=O)OCC(F)(F)C(F)(F)F. The maximum atomic E-state index is 12.4. The van der Waals surface area contributed by atoms with Crippen LogP contribution < -0.4 is 0 Å². The van der Waals surface area contributed by atoms with Gasteiger partial charge in [0.15, 0.2) is 6.29 Å². The highest BCUT2D eigenvalue weighted by molar-refractivity contribution is 5.90. The van der Waals surface area contributed by atoms with Gasteiger partial charge in [-0.2, -0.15) is 22.0 Å². The molecule has 0 bridgehead atoms. The zero-order chi connectivity index (χ0) is 13.7. The summed E-state index contributed by atoms with van der Waals surface area (Å²) in [6.07, 6.45) is -8.12. The summed E-state index contributed by atoms with van der Waals surface area (Å²) in [5.41, 5.74) is 0. The van der Waals surface area contributed by atoms with Crippen LogP contribution in [-0.4, -0.2) is 43.7 Å². The number of ether oxygens (including phenoxy) is 2. The van der Waals surface area contributed by atoms with E-state index in [2.05, 4.69) is 9.47 Å². The molecule has 0 aliphatic rings. The number of hydrogen-bond donors (Lipinski definition) is 0. The number of rotatable bonds is 6. The molecule has 17 heavy (non-hydrogen) atoms. The predicted molar refractivity (Wildman–Crippen MR) is 43.4 cm³/mol. The summed E-state index contributed by atoms with van der Waals surface area (Å²) in [4.78, 5) is 21.1. The highest BCUT2D eigenvalue weighted by Gasteiger charge is 2.58. The van der Waals surface area contributed by atoms with E-state index in [1.54, 1.807) is 0 Å². The van der Waals surface area contributed by atoms with Gasteiger partial charge in [-0.05, 0) is 6.92 Å². The van der Waals surface area contributed by atoms with Gasteiger partial charge in [0, 0.05) is 0 Å². The van der Waals surface area contributed by atoms with E-state index in [1.807, 2.05) is 0 Å². The van der Waals surface area contributed by atoms with Crippen molar-refractivity contribution in [1.82, 2.24) is 0 Å². The minimum absolute atomic E-state index is 0.164. The molecular weight excluding hydrogens is 255 g/mol. The molecule has 0 aromatic carbocycles. The summed E-state index contributed by atoms with van der Waals surface area (Å²) in [6.45, 7) is -0.926. The van der Waals surface area contributed by atoms with Gasteiger partial charge in [-0.1, -0.05) is 0 Å². The van der Waals surface area contributed by atoms with Crippen molar-refractivity contribution < 1.29 is 41.0 Å². The number of esters is 1. The molecule has 1 unspecified atom stereocenters. The van der Waals surface area contributed by atoms with Crippen LogP contribution in [0.3, 0.4) is 0 Å². The monoisotopic (exact) mass is 264 g/mol. The van der Waals surface area contributed by atoms with E-state index in [9.17, 15) is 31.5 Å². The first-order chi connectivity index (χ1) is 7.65. The van der Waals surface area contributed by atoms with Gasteiger partial charge >= 0.3 is 18.1 Å². The van der Waals surface area contributed by atoms with Gasteiger partial charge in [-0.3, -0.25) is 4.79 Å². The average Bonchev–Trinajstić information content (AvgIpc) is 2.17. The molecule has 0 aliphatic carbocycles. The number of halogens is 5. The molecule has 0 saturated heterocycles. The maximum absolute atomic E-state index is 12.4. The van der Waals surface area contributed by atoms with Crippen LogP contribution in [0.1, 0.15) is 6.92 Å². The molecule has 0 saturated carbocycles. The van der Waals surface area contributed by atoms with Crippen molar-refractivity contribution in [3.05, 3.63) is 0 Å². The molecule has 0 rings (SSSR count). The summed E-state index contributed by atoms with van der Waals surface area (Å²) in [6, 6.07) is 0. The minimum atomic E-state index is -5.81. The Bertz CT molecular complexity index is 276. The standard InChI is InChI=1S/C8H9F5O4/c1-2-16-6(15)5(3-14)17-4-7(9,10)8(11,12)13/h3,5H,2,4H2,1H3. The molecule has 0 amide bonds. The largest absolute Gasteiger partial charge is 0.464 e. The van der Waals surface area contributed by atoms with Gasteiger partial charge in [0.05, 0.1) is 6.61 Å². The van der Waals surface area contributed by atoms with E-state index >= 15 is 0 Å². The molecule has 0 aromatic rings. The lowest BCUT2D eigenvalue weighted by Gasteiger charge is -2.20. The van der Waals surface area contributed by atoms with E-state index in [-0.39, 0.29) is 12.9 Å². The topological polar surface area (TPSA) is 52.6 Å². The second kappa shape index (κ2) is 5.89. The van der Waals surface area contributed by atoms with Gasteiger partial charge in [0.1, 0.15) is 6.61 Å².